The topological polar surface area (TPSA) is 61.8 Å². The van der Waals surface area contributed by atoms with Crippen molar-refractivity contribution in [2.75, 3.05) is 31.7 Å². The summed E-state index contributed by atoms with van der Waals surface area (Å²) in [6.45, 7) is 1.90. The third-order valence-corrected chi connectivity index (χ3v) is 4.12. The maximum absolute atomic E-state index is 11.3. The number of aliphatic hydroxyl groups is 1. The molecule has 19 heavy (non-hydrogen) atoms. The van der Waals surface area contributed by atoms with Crippen LogP contribution in [0.3, 0.4) is 0 Å². The van der Waals surface area contributed by atoms with Gasteiger partial charge in [-0.15, -0.1) is 0 Å². The van der Waals surface area contributed by atoms with Crippen molar-refractivity contribution < 1.29 is 14.6 Å². The van der Waals surface area contributed by atoms with Gasteiger partial charge in [0.05, 0.1) is 13.2 Å². The van der Waals surface area contributed by atoms with E-state index in [0.29, 0.717) is 5.92 Å². The van der Waals surface area contributed by atoms with Gasteiger partial charge >= 0.3 is 6.09 Å². The quantitative estimate of drug-likeness (QED) is 0.883. The molecule has 1 aliphatic heterocycles. The first-order valence-corrected chi connectivity index (χ1v) is 7.39. The Morgan fingerprint density at radius 2 is 2.47 bits per heavy atom. The molecule has 2 N–H and O–H groups in total. The van der Waals surface area contributed by atoms with Crippen molar-refractivity contribution in [2.24, 2.45) is 5.92 Å². The van der Waals surface area contributed by atoms with Gasteiger partial charge in [-0.1, -0.05) is 0 Å². The van der Waals surface area contributed by atoms with Crippen molar-refractivity contribution in [3.63, 3.8) is 0 Å². The number of hydrogen-bond donors (Lipinski definition) is 2. The maximum Gasteiger partial charge on any atom is 0.407 e. The molecule has 1 aromatic rings. The molecule has 2 rings (SSSR count). The van der Waals surface area contributed by atoms with Crippen molar-refractivity contribution in [1.82, 2.24) is 5.32 Å². The summed E-state index contributed by atoms with van der Waals surface area (Å²) in [6, 6.07) is 2.15. The highest BCUT2D eigenvalue weighted by Crippen LogP contribution is 2.26. The Labute approximate surface area is 117 Å². The minimum absolute atomic E-state index is 0.0673. The molecule has 0 radical (unpaired) electrons. The number of nitrogens with one attached hydrogen (secondary N) is 1. The Kier molecular flexibility index (Phi) is 5.04. The van der Waals surface area contributed by atoms with Crippen LogP contribution in [0.5, 0.6) is 0 Å². The van der Waals surface area contributed by atoms with Crippen LogP contribution in [0.25, 0.3) is 0 Å². The van der Waals surface area contributed by atoms with Crippen molar-refractivity contribution in [2.45, 2.75) is 18.9 Å². The fourth-order valence-electron chi connectivity index (χ4n) is 2.57. The summed E-state index contributed by atoms with van der Waals surface area (Å²) in [4.78, 5) is 13.6. The predicted molar refractivity (Wildman–Crippen MR) is 75.7 cm³/mol. The van der Waals surface area contributed by atoms with E-state index in [2.05, 4.69) is 26.4 Å². The van der Waals surface area contributed by atoms with Crippen molar-refractivity contribution >= 4 is 23.1 Å². The lowest BCUT2D eigenvalue weighted by Crippen LogP contribution is -2.51. The number of alkyl carbamates (subject to hydrolysis) is 1. The highest BCUT2D eigenvalue weighted by atomic mass is 32.1. The maximum atomic E-state index is 11.3. The fourth-order valence-corrected chi connectivity index (χ4v) is 3.24. The van der Waals surface area contributed by atoms with Gasteiger partial charge in [-0.25, -0.2) is 4.79 Å². The van der Waals surface area contributed by atoms with E-state index in [1.54, 1.807) is 11.3 Å². The van der Waals surface area contributed by atoms with E-state index >= 15 is 0 Å². The molecule has 2 unspecified atom stereocenters. The summed E-state index contributed by atoms with van der Waals surface area (Å²) >= 11 is 1.66. The zero-order valence-corrected chi connectivity index (χ0v) is 11.9. The highest BCUT2D eigenvalue weighted by Gasteiger charge is 2.28. The lowest BCUT2D eigenvalue weighted by Gasteiger charge is -2.38. The third kappa shape index (κ3) is 3.84. The number of piperidine rings is 1. The molecular weight excluding hydrogens is 264 g/mol. The van der Waals surface area contributed by atoms with E-state index in [1.165, 1.54) is 12.8 Å². The van der Waals surface area contributed by atoms with E-state index in [-0.39, 0.29) is 18.7 Å². The fraction of sp³-hybridized carbons (Fsp3) is 0.615. The summed E-state index contributed by atoms with van der Waals surface area (Å²) in [7, 11) is 1.38. The van der Waals surface area contributed by atoms with Gasteiger partial charge < -0.3 is 20.1 Å². The van der Waals surface area contributed by atoms with Gasteiger partial charge in [0.15, 0.2) is 0 Å². The number of thiophene rings is 1. The average molecular weight is 284 g/mol. The summed E-state index contributed by atoms with van der Waals surface area (Å²) < 4.78 is 4.66. The van der Waals surface area contributed by atoms with Crippen LogP contribution >= 0.6 is 11.3 Å². The molecule has 0 saturated carbocycles. The van der Waals surface area contributed by atoms with Gasteiger partial charge in [-0.2, -0.15) is 11.3 Å². The number of hydrogen-bond acceptors (Lipinski definition) is 5. The predicted octanol–water partition coefficient (Wildman–Crippen LogP) is 1.68. The summed E-state index contributed by atoms with van der Waals surface area (Å²) in [6.07, 6.45) is 1.26. The molecule has 1 saturated heterocycles. The molecule has 1 aliphatic rings. The lowest BCUT2D eigenvalue weighted by molar-refractivity contribution is 0.161. The molecule has 2 atom stereocenters. The van der Waals surface area contributed by atoms with Gasteiger partial charge in [0, 0.05) is 30.8 Å². The number of ether oxygens (including phenoxy) is 1. The van der Waals surface area contributed by atoms with Gasteiger partial charge in [0.25, 0.3) is 0 Å². The second kappa shape index (κ2) is 6.77. The molecule has 0 bridgehead atoms. The van der Waals surface area contributed by atoms with E-state index in [1.807, 2.05) is 5.38 Å². The standard InChI is InChI=1S/C13H20N2O3S/c1-18-13(17)14-11-6-10(2-4-16)7-15(8-11)12-3-5-19-9-12/h3,5,9-11,16H,2,4,6-8H2,1H3,(H,14,17). The number of carbonyl (C=O) groups excluding carboxylic acids is 1. The first kappa shape index (κ1) is 14.1. The van der Waals surface area contributed by atoms with Crippen LogP contribution in [0.4, 0.5) is 10.5 Å². The number of nitrogens with zero attached hydrogens (tertiary/aromatic N) is 1. The Morgan fingerprint density at radius 1 is 1.63 bits per heavy atom. The number of amides is 1. The number of carbonyl (C=O) groups is 1. The minimum atomic E-state index is -0.389. The molecule has 5 nitrogen and oxygen atoms in total. The summed E-state index contributed by atoms with van der Waals surface area (Å²) in [5, 5.41) is 16.1. The average Bonchev–Trinajstić information content (AvgIpc) is 2.92. The van der Waals surface area contributed by atoms with Gasteiger partial charge in [0.1, 0.15) is 0 Å². The molecule has 1 fully saturated rings. The first-order chi connectivity index (χ1) is 9.22. The Bertz CT molecular complexity index is 397. The SMILES string of the molecule is COC(=O)NC1CC(CCO)CN(c2ccsc2)C1. The van der Waals surface area contributed by atoms with Crippen molar-refractivity contribution in [3.05, 3.63) is 16.8 Å². The largest absolute Gasteiger partial charge is 0.453 e. The zero-order valence-electron chi connectivity index (χ0n) is 11.0. The zero-order chi connectivity index (χ0) is 13.7. The van der Waals surface area contributed by atoms with Crippen LogP contribution in [0.1, 0.15) is 12.8 Å². The summed E-state index contributed by atoms with van der Waals surface area (Å²) in [5.41, 5.74) is 1.18. The van der Waals surface area contributed by atoms with Crippen LogP contribution < -0.4 is 10.2 Å². The number of methoxy groups -OCH3 is 1. The molecule has 0 aliphatic carbocycles. The van der Waals surface area contributed by atoms with E-state index in [9.17, 15) is 4.79 Å². The van der Waals surface area contributed by atoms with E-state index < -0.39 is 0 Å². The number of anilines is 1. The first-order valence-electron chi connectivity index (χ1n) is 6.45. The molecule has 6 heteroatoms. The Morgan fingerprint density at radius 3 is 3.11 bits per heavy atom. The molecule has 2 heterocycles. The molecule has 106 valence electrons. The van der Waals surface area contributed by atoms with Gasteiger partial charge in [-0.05, 0) is 30.2 Å². The summed E-state index contributed by atoms with van der Waals surface area (Å²) in [5.74, 6) is 0.390. The second-order valence-electron chi connectivity index (χ2n) is 4.83. The van der Waals surface area contributed by atoms with Crippen molar-refractivity contribution in [1.29, 1.82) is 0 Å². The van der Waals surface area contributed by atoms with E-state index in [0.717, 1.165) is 25.9 Å². The molecule has 1 aromatic heterocycles. The lowest BCUT2D eigenvalue weighted by atomic mass is 9.91. The van der Waals surface area contributed by atoms with Crippen LogP contribution in [-0.2, 0) is 4.74 Å². The van der Waals surface area contributed by atoms with E-state index in [4.69, 9.17) is 5.11 Å². The normalized spacial score (nSPS) is 23.2. The van der Waals surface area contributed by atoms with Crippen LogP contribution in [0.2, 0.25) is 0 Å². The minimum Gasteiger partial charge on any atom is -0.453 e. The number of rotatable bonds is 4. The molecule has 0 aromatic carbocycles. The smallest absolute Gasteiger partial charge is 0.407 e. The van der Waals surface area contributed by atoms with Crippen LogP contribution in [0, 0.1) is 5.92 Å². The van der Waals surface area contributed by atoms with Crippen LogP contribution in [-0.4, -0.2) is 44.0 Å². The number of aliphatic hydroxyl groups excluding tert-OH is 1. The van der Waals surface area contributed by atoms with Crippen LogP contribution in [0.15, 0.2) is 16.8 Å². The highest BCUT2D eigenvalue weighted by molar-refractivity contribution is 7.08. The Balaban J connectivity index is 2.02. The monoisotopic (exact) mass is 284 g/mol. The van der Waals surface area contributed by atoms with Crippen molar-refractivity contribution in [3.8, 4) is 0 Å². The Hall–Kier alpha value is -1.27. The molecular formula is C13H20N2O3S. The molecule has 0 spiro atoms. The third-order valence-electron chi connectivity index (χ3n) is 3.45. The molecule has 1 amide bonds. The second-order valence-corrected chi connectivity index (χ2v) is 5.61. The van der Waals surface area contributed by atoms with Gasteiger partial charge in [0.2, 0.25) is 0 Å². The van der Waals surface area contributed by atoms with Gasteiger partial charge in [-0.3, -0.25) is 0 Å².